The third-order valence-electron chi connectivity index (χ3n) is 7.40. The van der Waals surface area contributed by atoms with Crippen LogP contribution in [0.2, 0.25) is 0 Å². The molecule has 0 bridgehead atoms. The lowest BCUT2D eigenvalue weighted by Gasteiger charge is -2.41. The smallest absolute Gasteiger partial charge is 0.395 e. The van der Waals surface area contributed by atoms with Crippen molar-refractivity contribution in [2.45, 2.75) is 44.0 Å². The van der Waals surface area contributed by atoms with Crippen molar-refractivity contribution in [3.05, 3.63) is 46.5 Å². The number of thiophene rings is 1. The summed E-state index contributed by atoms with van der Waals surface area (Å²) in [6.45, 7) is 7.41. The van der Waals surface area contributed by atoms with Gasteiger partial charge in [0.1, 0.15) is 5.56 Å². The molecular weight excluding hydrogens is 579 g/mol. The molecule has 5 rings (SSSR count). The molecule has 0 amide bonds. The Balaban J connectivity index is 1.45. The van der Waals surface area contributed by atoms with E-state index in [1.54, 1.807) is 0 Å². The molecule has 1 atom stereocenters. The van der Waals surface area contributed by atoms with Gasteiger partial charge in [0.2, 0.25) is 5.95 Å². The number of fused-ring (bicyclic) bond motifs is 1. The predicted octanol–water partition coefficient (Wildman–Crippen LogP) is 4.34. The van der Waals surface area contributed by atoms with Gasteiger partial charge in [-0.25, -0.2) is 18.4 Å². The first-order valence-corrected chi connectivity index (χ1v) is 15.8. The van der Waals surface area contributed by atoms with E-state index in [0.717, 1.165) is 48.4 Å². The number of nitrogens with one attached hydrogen (secondary N) is 1. The molecule has 0 aliphatic carbocycles. The Bertz CT molecular complexity index is 1510. The van der Waals surface area contributed by atoms with Crippen molar-refractivity contribution in [3.63, 3.8) is 0 Å². The first-order chi connectivity index (χ1) is 19.5. The molecule has 0 saturated carbocycles. The highest BCUT2D eigenvalue weighted by atomic mass is 32.2. The van der Waals surface area contributed by atoms with Gasteiger partial charge >= 0.3 is 6.18 Å². The number of benzene rings is 1. The van der Waals surface area contributed by atoms with Crippen LogP contribution in [0.4, 0.5) is 30.5 Å². The average Bonchev–Trinajstić information content (AvgIpc) is 3.31. The van der Waals surface area contributed by atoms with Gasteiger partial charge in [0.05, 0.1) is 41.0 Å². The number of piperazine rings is 1. The van der Waals surface area contributed by atoms with Crippen LogP contribution in [0.25, 0.3) is 10.6 Å². The van der Waals surface area contributed by atoms with Crippen LogP contribution in [-0.4, -0.2) is 79.6 Å². The van der Waals surface area contributed by atoms with Gasteiger partial charge in [-0.15, -0.1) is 11.3 Å². The van der Waals surface area contributed by atoms with Crippen LogP contribution in [0.3, 0.4) is 0 Å². The van der Waals surface area contributed by atoms with Crippen LogP contribution in [0.15, 0.2) is 35.4 Å². The largest absolute Gasteiger partial charge is 0.420 e. The summed E-state index contributed by atoms with van der Waals surface area (Å²) in [5.41, 5.74) is 1.24. The van der Waals surface area contributed by atoms with E-state index in [9.17, 15) is 26.7 Å². The zero-order chi connectivity index (χ0) is 29.4. The van der Waals surface area contributed by atoms with E-state index >= 15 is 0 Å². The Labute approximate surface area is 240 Å². The van der Waals surface area contributed by atoms with Crippen molar-refractivity contribution in [1.29, 1.82) is 0 Å². The second-order valence-electron chi connectivity index (χ2n) is 10.1. The van der Waals surface area contributed by atoms with Crippen LogP contribution < -0.4 is 10.2 Å². The van der Waals surface area contributed by atoms with Gasteiger partial charge in [-0.05, 0) is 43.2 Å². The zero-order valence-corrected chi connectivity index (χ0v) is 24.4. The Kier molecular flexibility index (Phi) is 8.58. The van der Waals surface area contributed by atoms with E-state index in [-0.39, 0.29) is 53.0 Å². The van der Waals surface area contributed by atoms with Crippen molar-refractivity contribution in [2.24, 2.45) is 0 Å². The molecule has 2 aliphatic heterocycles. The highest BCUT2D eigenvalue weighted by molar-refractivity contribution is 7.91. The minimum absolute atomic E-state index is 0.00776. The number of aryl methyl sites for hydroxylation is 1. The number of β-amino-alcohol motifs (C(OH)–C–C–N with tert-alkyl or cyclic N) is 1. The number of aliphatic hydroxyl groups is 1. The fourth-order valence-electron chi connectivity index (χ4n) is 5.18. The number of halogens is 3. The number of hydrogen-bond donors (Lipinski definition) is 2. The zero-order valence-electron chi connectivity index (χ0n) is 22.7. The first kappa shape index (κ1) is 29.7. The molecule has 2 aromatic heterocycles. The maximum Gasteiger partial charge on any atom is 0.420 e. The van der Waals surface area contributed by atoms with Crippen LogP contribution >= 0.6 is 11.3 Å². The molecule has 2 N–H and O–H groups in total. The van der Waals surface area contributed by atoms with Gasteiger partial charge in [0.15, 0.2) is 9.84 Å². The number of aromatic nitrogens is 2. The number of nitrogens with zero attached hydrogens (tertiary/aromatic N) is 4. The number of ether oxygens (including phenoxy) is 1. The van der Waals surface area contributed by atoms with E-state index in [1.807, 2.05) is 19.1 Å². The Morgan fingerprint density at radius 2 is 2.05 bits per heavy atom. The first-order valence-electron chi connectivity index (χ1n) is 13.4. The van der Waals surface area contributed by atoms with Crippen molar-refractivity contribution in [1.82, 2.24) is 14.9 Å². The summed E-state index contributed by atoms with van der Waals surface area (Å²) >= 11 is 0.933. The van der Waals surface area contributed by atoms with E-state index in [2.05, 4.69) is 38.1 Å². The Morgan fingerprint density at radius 1 is 1.24 bits per heavy atom. The lowest BCUT2D eigenvalue weighted by Crippen LogP contribution is -2.52. The summed E-state index contributed by atoms with van der Waals surface area (Å²) in [5.74, 6) is -0.254. The number of sulfone groups is 1. The summed E-state index contributed by atoms with van der Waals surface area (Å²) < 4.78 is 72.6. The molecule has 41 heavy (non-hydrogen) atoms. The standard InChI is InChI=1S/C27H32F3N5O4S2/c1-3-18-12-19(35-7-6-34(8-9-36)17(2)15-35)4-5-21(18)32-26-31-14-20(27(28,29)30)25(33-26)22-13-24-23(40-22)16-39-10-11-41(24,37)38/h4-5,12-14,17,36H,3,6-11,15-16H2,1-2H3,(H,31,32,33). The maximum absolute atomic E-state index is 14.0. The van der Waals surface area contributed by atoms with E-state index in [1.165, 1.54) is 6.07 Å². The monoisotopic (exact) mass is 611 g/mol. The van der Waals surface area contributed by atoms with Gasteiger partial charge in [0, 0.05) is 54.7 Å². The number of aliphatic hydroxyl groups excluding tert-OH is 1. The fourth-order valence-corrected chi connectivity index (χ4v) is 8.01. The molecule has 1 saturated heterocycles. The van der Waals surface area contributed by atoms with Gasteiger partial charge in [0.25, 0.3) is 0 Å². The number of alkyl halides is 3. The van der Waals surface area contributed by atoms with Gasteiger partial charge < -0.3 is 20.1 Å². The van der Waals surface area contributed by atoms with Crippen molar-refractivity contribution < 1.29 is 31.4 Å². The molecule has 1 unspecified atom stereocenters. The number of anilines is 3. The van der Waals surface area contributed by atoms with Gasteiger partial charge in [-0.3, -0.25) is 4.90 Å². The van der Waals surface area contributed by atoms with Crippen LogP contribution in [0.1, 0.15) is 29.9 Å². The molecule has 0 spiro atoms. The van der Waals surface area contributed by atoms with Crippen molar-refractivity contribution in [2.75, 3.05) is 55.4 Å². The minimum Gasteiger partial charge on any atom is -0.395 e. The third kappa shape index (κ3) is 6.36. The second-order valence-corrected chi connectivity index (χ2v) is 13.3. The predicted molar refractivity (Wildman–Crippen MR) is 151 cm³/mol. The molecule has 1 fully saturated rings. The van der Waals surface area contributed by atoms with E-state index in [4.69, 9.17) is 4.74 Å². The SMILES string of the molecule is CCc1cc(N2CCN(CCO)C(C)C2)ccc1Nc1ncc(C(F)(F)F)c(-c2cc3c(s2)COCCS3(=O)=O)n1. The van der Waals surface area contributed by atoms with Gasteiger partial charge in [-0.1, -0.05) is 6.92 Å². The topological polar surface area (TPSA) is 108 Å². The minimum atomic E-state index is -4.74. The quantitative estimate of drug-likeness (QED) is 0.404. The van der Waals surface area contributed by atoms with Gasteiger partial charge in [-0.2, -0.15) is 13.2 Å². The third-order valence-corrected chi connectivity index (χ3v) is 10.4. The molecular formula is C27H32F3N5O4S2. The average molecular weight is 612 g/mol. The Morgan fingerprint density at radius 3 is 2.76 bits per heavy atom. The van der Waals surface area contributed by atoms with E-state index in [0.29, 0.717) is 23.5 Å². The lowest BCUT2D eigenvalue weighted by atomic mass is 10.1. The molecule has 9 nitrogen and oxygen atoms in total. The summed E-state index contributed by atoms with van der Waals surface area (Å²) in [7, 11) is -3.68. The van der Waals surface area contributed by atoms with Crippen LogP contribution in [-0.2, 0) is 33.8 Å². The summed E-state index contributed by atoms with van der Waals surface area (Å²) in [5, 5.41) is 12.4. The molecule has 0 radical (unpaired) electrons. The number of hydrogen-bond acceptors (Lipinski definition) is 10. The molecule has 222 valence electrons. The fraction of sp³-hybridized carbons (Fsp3) is 0.481. The normalized spacial score (nSPS) is 19.6. The lowest BCUT2D eigenvalue weighted by molar-refractivity contribution is -0.137. The van der Waals surface area contributed by atoms with Crippen molar-refractivity contribution >= 4 is 38.5 Å². The summed E-state index contributed by atoms with van der Waals surface area (Å²) in [4.78, 5) is 13.2. The Hall–Kier alpha value is -2.78. The second kappa shape index (κ2) is 11.8. The van der Waals surface area contributed by atoms with Crippen molar-refractivity contribution in [3.8, 4) is 10.6 Å². The highest BCUT2D eigenvalue weighted by Crippen LogP contribution is 2.42. The molecule has 4 heterocycles. The number of rotatable bonds is 7. The molecule has 3 aromatic rings. The molecule has 2 aliphatic rings. The van der Waals surface area contributed by atoms with Crippen LogP contribution in [0, 0.1) is 0 Å². The van der Waals surface area contributed by atoms with E-state index < -0.39 is 21.6 Å². The molecule has 1 aromatic carbocycles. The summed E-state index contributed by atoms with van der Waals surface area (Å²) in [6, 6.07) is 7.44. The van der Waals surface area contributed by atoms with Crippen LogP contribution in [0.5, 0.6) is 0 Å². The highest BCUT2D eigenvalue weighted by Gasteiger charge is 2.37. The maximum atomic E-state index is 14.0. The molecule has 14 heteroatoms. The summed E-state index contributed by atoms with van der Waals surface area (Å²) in [6.07, 6.45) is -3.34.